The summed E-state index contributed by atoms with van der Waals surface area (Å²) in [7, 11) is 3.93. The first-order valence-corrected chi connectivity index (χ1v) is 7.49. The minimum absolute atomic E-state index is 0.616. The maximum absolute atomic E-state index is 5.83. The average Bonchev–Trinajstić information content (AvgIpc) is 2.62. The van der Waals surface area contributed by atoms with Crippen molar-refractivity contribution in [2.24, 2.45) is 0 Å². The van der Waals surface area contributed by atoms with Crippen molar-refractivity contribution in [2.75, 3.05) is 39.5 Å². The van der Waals surface area contributed by atoms with Crippen LogP contribution in [0.1, 0.15) is 25.3 Å². The molecule has 4 nitrogen and oxygen atoms in total. The number of rotatable bonds is 4. The largest absolute Gasteiger partial charge is 0.496 e. The van der Waals surface area contributed by atoms with E-state index in [9.17, 15) is 0 Å². The molecule has 4 heteroatoms. The third kappa shape index (κ3) is 3.64. The van der Waals surface area contributed by atoms with Crippen molar-refractivity contribution in [1.29, 1.82) is 0 Å². The number of likely N-dealkylation sites (N-methyl/N-ethyl adjacent to an activating group) is 1. The summed E-state index contributed by atoms with van der Waals surface area (Å²) < 4.78 is 5.47. The highest BCUT2D eigenvalue weighted by Gasteiger charge is 2.22. The lowest BCUT2D eigenvalue weighted by molar-refractivity contribution is 0.174. The number of ether oxygens (including phenoxy) is 1. The molecule has 1 heterocycles. The third-order valence-electron chi connectivity index (χ3n) is 4.18. The third-order valence-corrected chi connectivity index (χ3v) is 4.18. The molecule has 1 aromatic carbocycles. The van der Waals surface area contributed by atoms with E-state index in [2.05, 4.69) is 29.8 Å². The lowest BCUT2D eigenvalue weighted by atomic mass is 10.1. The van der Waals surface area contributed by atoms with Gasteiger partial charge in [-0.1, -0.05) is 13.0 Å². The Bertz CT molecular complexity index is 436. The Balaban J connectivity index is 2.14. The molecule has 1 saturated heterocycles. The van der Waals surface area contributed by atoms with Gasteiger partial charge in [-0.25, -0.2) is 0 Å². The van der Waals surface area contributed by atoms with Gasteiger partial charge in [-0.05, 0) is 32.5 Å². The van der Waals surface area contributed by atoms with E-state index in [0.717, 1.165) is 31.1 Å². The molecule has 0 amide bonds. The van der Waals surface area contributed by atoms with Crippen LogP contribution in [-0.4, -0.2) is 49.6 Å². The van der Waals surface area contributed by atoms with Gasteiger partial charge in [-0.15, -0.1) is 0 Å². The molecule has 0 radical (unpaired) electrons. The van der Waals surface area contributed by atoms with Crippen LogP contribution in [0.2, 0.25) is 0 Å². The van der Waals surface area contributed by atoms with Crippen molar-refractivity contribution in [3.8, 4) is 5.75 Å². The van der Waals surface area contributed by atoms with E-state index < -0.39 is 0 Å². The Kier molecular flexibility index (Phi) is 5.26. The number of hydrogen-bond donors (Lipinski definition) is 1. The second-order valence-electron chi connectivity index (χ2n) is 5.72. The van der Waals surface area contributed by atoms with Crippen LogP contribution in [0.4, 0.5) is 5.69 Å². The lowest BCUT2D eigenvalue weighted by Crippen LogP contribution is -2.39. The predicted octanol–water partition coefficient (Wildman–Crippen LogP) is 2.19. The van der Waals surface area contributed by atoms with Gasteiger partial charge in [-0.3, -0.25) is 4.90 Å². The van der Waals surface area contributed by atoms with E-state index in [-0.39, 0.29) is 0 Å². The average molecular weight is 277 g/mol. The summed E-state index contributed by atoms with van der Waals surface area (Å²) in [6, 6.07) is 6.59. The smallest absolute Gasteiger partial charge is 0.125 e. The Labute approximate surface area is 122 Å². The zero-order chi connectivity index (χ0) is 14.5. The molecule has 0 bridgehead atoms. The van der Waals surface area contributed by atoms with Gasteiger partial charge in [0.15, 0.2) is 0 Å². The molecule has 20 heavy (non-hydrogen) atoms. The van der Waals surface area contributed by atoms with Gasteiger partial charge >= 0.3 is 0 Å². The van der Waals surface area contributed by atoms with Crippen LogP contribution in [0.3, 0.4) is 0 Å². The molecule has 2 rings (SSSR count). The van der Waals surface area contributed by atoms with Crippen molar-refractivity contribution in [1.82, 2.24) is 9.80 Å². The maximum Gasteiger partial charge on any atom is 0.125 e. The predicted molar refractivity (Wildman–Crippen MR) is 84.0 cm³/mol. The highest BCUT2D eigenvalue weighted by Crippen LogP contribution is 2.25. The molecule has 112 valence electrons. The van der Waals surface area contributed by atoms with Crippen LogP contribution in [0, 0.1) is 0 Å². The summed E-state index contributed by atoms with van der Waals surface area (Å²) in [5, 5.41) is 0. The molecule has 1 aliphatic rings. The fourth-order valence-corrected chi connectivity index (χ4v) is 3.00. The molecular formula is C16H27N3O. The van der Waals surface area contributed by atoms with Crippen molar-refractivity contribution in [3.05, 3.63) is 23.8 Å². The van der Waals surface area contributed by atoms with E-state index >= 15 is 0 Å². The van der Waals surface area contributed by atoms with Crippen LogP contribution in [0.15, 0.2) is 18.2 Å². The number of nitrogens with zero attached hydrogens (tertiary/aromatic N) is 2. The van der Waals surface area contributed by atoms with Gasteiger partial charge in [0, 0.05) is 43.0 Å². The normalized spacial score (nSPS) is 21.6. The van der Waals surface area contributed by atoms with Gasteiger partial charge in [0.25, 0.3) is 0 Å². The highest BCUT2D eigenvalue weighted by molar-refractivity contribution is 5.48. The first-order valence-electron chi connectivity index (χ1n) is 7.49. The monoisotopic (exact) mass is 277 g/mol. The van der Waals surface area contributed by atoms with Crippen molar-refractivity contribution in [2.45, 2.75) is 32.4 Å². The number of benzene rings is 1. The summed E-state index contributed by atoms with van der Waals surface area (Å²) in [6.45, 7) is 6.70. The van der Waals surface area contributed by atoms with Gasteiger partial charge in [-0.2, -0.15) is 0 Å². The second kappa shape index (κ2) is 6.95. The zero-order valence-corrected chi connectivity index (χ0v) is 12.9. The molecule has 0 aliphatic carbocycles. The van der Waals surface area contributed by atoms with E-state index in [1.165, 1.54) is 24.9 Å². The molecule has 1 unspecified atom stereocenters. The van der Waals surface area contributed by atoms with E-state index in [0.29, 0.717) is 6.04 Å². The maximum atomic E-state index is 5.83. The Hall–Kier alpha value is -1.26. The lowest BCUT2D eigenvalue weighted by Gasteiger charge is -2.30. The van der Waals surface area contributed by atoms with Gasteiger partial charge in [0.05, 0.1) is 7.11 Å². The van der Waals surface area contributed by atoms with E-state index in [1.807, 2.05) is 12.1 Å². The summed E-state index contributed by atoms with van der Waals surface area (Å²) in [5.74, 6) is 0.900. The first kappa shape index (κ1) is 15.1. The van der Waals surface area contributed by atoms with Gasteiger partial charge < -0.3 is 15.4 Å². The molecule has 0 aromatic heterocycles. The number of hydrogen-bond acceptors (Lipinski definition) is 4. The molecule has 0 spiro atoms. The number of anilines is 1. The van der Waals surface area contributed by atoms with Crippen molar-refractivity contribution in [3.63, 3.8) is 0 Å². The molecular weight excluding hydrogens is 250 g/mol. The fourth-order valence-electron chi connectivity index (χ4n) is 3.00. The number of nitrogens with two attached hydrogens (primary N) is 1. The van der Waals surface area contributed by atoms with Crippen molar-refractivity contribution >= 4 is 5.69 Å². The molecule has 2 N–H and O–H groups in total. The van der Waals surface area contributed by atoms with Crippen LogP contribution < -0.4 is 10.5 Å². The molecule has 1 atom stereocenters. The second-order valence-corrected chi connectivity index (χ2v) is 5.72. The minimum Gasteiger partial charge on any atom is -0.496 e. The molecule has 1 aliphatic heterocycles. The molecule has 0 saturated carbocycles. The Morgan fingerprint density at radius 2 is 2.15 bits per heavy atom. The van der Waals surface area contributed by atoms with Gasteiger partial charge in [0.1, 0.15) is 5.75 Å². The SMILES string of the molecule is CCC1CN(C)CCCN1Cc1ccc(N)cc1OC. The van der Waals surface area contributed by atoms with Gasteiger partial charge in [0.2, 0.25) is 0 Å². The quantitative estimate of drug-likeness (QED) is 0.857. The summed E-state index contributed by atoms with van der Waals surface area (Å²) in [6.07, 6.45) is 2.41. The van der Waals surface area contributed by atoms with Crippen LogP contribution in [-0.2, 0) is 6.54 Å². The van der Waals surface area contributed by atoms with Crippen LogP contribution in [0.25, 0.3) is 0 Å². The summed E-state index contributed by atoms with van der Waals surface area (Å²) in [5.41, 5.74) is 7.82. The van der Waals surface area contributed by atoms with Crippen LogP contribution >= 0.6 is 0 Å². The van der Waals surface area contributed by atoms with E-state index in [1.54, 1.807) is 7.11 Å². The van der Waals surface area contributed by atoms with Crippen LogP contribution in [0.5, 0.6) is 5.75 Å². The molecule has 1 fully saturated rings. The fraction of sp³-hybridized carbons (Fsp3) is 0.625. The summed E-state index contributed by atoms with van der Waals surface area (Å²) in [4.78, 5) is 5.02. The summed E-state index contributed by atoms with van der Waals surface area (Å²) >= 11 is 0. The Morgan fingerprint density at radius 1 is 1.35 bits per heavy atom. The standard InChI is InChI=1S/C16H27N3O/c1-4-15-12-18(2)8-5-9-19(15)11-13-6-7-14(17)10-16(13)20-3/h6-7,10,15H,4-5,8-9,11-12,17H2,1-3H3. The Morgan fingerprint density at radius 3 is 2.85 bits per heavy atom. The molecule has 1 aromatic rings. The minimum atomic E-state index is 0.616. The van der Waals surface area contributed by atoms with Crippen molar-refractivity contribution < 1.29 is 4.74 Å². The number of methoxy groups -OCH3 is 1. The highest BCUT2D eigenvalue weighted by atomic mass is 16.5. The topological polar surface area (TPSA) is 41.7 Å². The number of nitrogen functional groups attached to an aromatic ring is 1. The first-order chi connectivity index (χ1) is 9.63. The zero-order valence-electron chi connectivity index (χ0n) is 12.9. The van der Waals surface area contributed by atoms with E-state index in [4.69, 9.17) is 10.5 Å².